The molecule has 0 radical (unpaired) electrons. The first-order chi connectivity index (χ1) is 15.3. The Bertz CT molecular complexity index is 1150. The summed E-state index contributed by atoms with van der Waals surface area (Å²) in [5.74, 6) is -4.62. The fourth-order valence-electron chi connectivity index (χ4n) is 4.55. The molecule has 0 spiro atoms. The van der Waals surface area contributed by atoms with E-state index in [1.165, 1.54) is 6.07 Å². The van der Waals surface area contributed by atoms with E-state index in [4.69, 9.17) is 4.42 Å². The second-order valence-electron chi connectivity index (χ2n) is 8.08. The summed E-state index contributed by atoms with van der Waals surface area (Å²) in [7, 11) is 0. The van der Waals surface area contributed by atoms with E-state index in [1.54, 1.807) is 41.4 Å². The lowest BCUT2D eigenvalue weighted by molar-refractivity contribution is -0.0608. The molecule has 1 saturated carbocycles. The molecule has 1 aromatic carbocycles. The SMILES string of the molecule is O=C1c2cc(-c3nnc(C(F)F)o3)ccc2CN1[C@@H]1CCC(F)(F)C[C@H]1c1ccccn1. The summed E-state index contributed by atoms with van der Waals surface area (Å²) in [6.45, 7) is 0.278. The molecule has 1 aliphatic carbocycles. The lowest BCUT2D eigenvalue weighted by Gasteiger charge is -2.40. The third kappa shape index (κ3) is 3.63. The number of alkyl halides is 4. The van der Waals surface area contributed by atoms with Gasteiger partial charge in [0.25, 0.3) is 11.8 Å². The molecular weight excluding hydrogens is 428 g/mol. The molecule has 5 rings (SSSR count). The molecule has 6 nitrogen and oxygen atoms in total. The quantitative estimate of drug-likeness (QED) is 0.528. The van der Waals surface area contributed by atoms with E-state index in [9.17, 15) is 22.4 Å². The van der Waals surface area contributed by atoms with Gasteiger partial charge in [-0.2, -0.15) is 8.78 Å². The number of hydrogen-bond donors (Lipinski definition) is 0. The van der Waals surface area contributed by atoms with E-state index in [0.717, 1.165) is 5.56 Å². The van der Waals surface area contributed by atoms with E-state index in [-0.39, 0.29) is 37.6 Å². The Morgan fingerprint density at radius 3 is 2.72 bits per heavy atom. The molecular formula is C22H18F4N4O2. The van der Waals surface area contributed by atoms with Gasteiger partial charge in [0.1, 0.15) is 0 Å². The standard InChI is InChI=1S/C22H18F4N4O2/c23-18(24)20-29-28-19(32-20)12-4-5-13-11-30(21(31)14(13)9-12)17-6-7-22(25,26)10-15(17)16-3-1-2-8-27-16/h1-5,8-9,15,17-18H,6-7,10-11H2/t15-,17+/m0/s1. The van der Waals surface area contributed by atoms with E-state index >= 15 is 0 Å². The molecule has 1 aliphatic heterocycles. The highest BCUT2D eigenvalue weighted by Crippen LogP contribution is 2.45. The number of nitrogens with zero attached hydrogens (tertiary/aromatic N) is 4. The van der Waals surface area contributed by atoms with Crippen molar-refractivity contribution in [3.8, 4) is 11.5 Å². The maximum Gasteiger partial charge on any atom is 0.314 e. The van der Waals surface area contributed by atoms with Gasteiger partial charge in [-0.1, -0.05) is 12.1 Å². The van der Waals surface area contributed by atoms with Crippen LogP contribution in [0.3, 0.4) is 0 Å². The molecule has 3 heterocycles. The molecule has 2 atom stereocenters. The second-order valence-corrected chi connectivity index (χ2v) is 8.08. The van der Waals surface area contributed by atoms with Crippen molar-refractivity contribution < 1.29 is 26.8 Å². The van der Waals surface area contributed by atoms with Crippen molar-refractivity contribution in [2.24, 2.45) is 0 Å². The lowest BCUT2D eigenvalue weighted by Crippen LogP contribution is -2.46. The minimum Gasteiger partial charge on any atom is -0.415 e. The molecule has 0 saturated heterocycles. The molecule has 1 fully saturated rings. The number of pyridine rings is 1. The highest BCUT2D eigenvalue weighted by Gasteiger charge is 2.47. The van der Waals surface area contributed by atoms with Gasteiger partial charge in [-0.25, -0.2) is 8.78 Å². The van der Waals surface area contributed by atoms with Crippen LogP contribution in [-0.2, 0) is 6.54 Å². The van der Waals surface area contributed by atoms with Gasteiger partial charge in [-0.3, -0.25) is 9.78 Å². The smallest absolute Gasteiger partial charge is 0.314 e. The maximum absolute atomic E-state index is 14.3. The Hall–Kier alpha value is -3.30. The van der Waals surface area contributed by atoms with Gasteiger partial charge >= 0.3 is 6.43 Å². The van der Waals surface area contributed by atoms with Gasteiger partial charge in [-0.15, -0.1) is 10.2 Å². The van der Waals surface area contributed by atoms with Gasteiger partial charge < -0.3 is 9.32 Å². The van der Waals surface area contributed by atoms with Crippen LogP contribution in [0.1, 0.15) is 59.1 Å². The summed E-state index contributed by atoms with van der Waals surface area (Å²) in [6, 6.07) is 9.58. The van der Waals surface area contributed by atoms with Gasteiger partial charge in [0, 0.05) is 54.4 Å². The van der Waals surface area contributed by atoms with Crippen LogP contribution in [0.15, 0.2) is 47.0 Å². The Kier molecular flexibility index (Phi) is 4.94. The Morgan fingerprint density at radius 1 is 1.16 bits per heavy atom. The topological polar surface area (TPSA) is 72.1 Å². The van der Waals surface area contributed by atoms with Crippen LogP contribution in [-0.4, -0.2) is 38.0 Å². The number of benzene rings is 1. The van der Waals surface area contributed by atoms with Crippen LogP contribution in [0.2, 0.25) is 0 Å². The van der Waals surface area contributed by atoms with Crippen LogP contribution in [0.5, 0.6) is 0 Å². The predicted molar refractivity (Wildman–Crippen MR) is 104 cm³/mol. The third-order valence-electron chi connectivity index (χ3n) is 6.07. The van der Waals surface area contributed by atoms with E-state index in [2.05, 4.69) is 15.2 Å². The van der Waals surface area contributed by atoms with Crippen molar-refractivity contribution in [3.63, 3.8) is 0 Å². The van der Waals surface area contributed by atoms with Gasteiger partial charge in [0.15, 0.2) is 0 Å². The summed E-state index contributed by atoms with van der Waals surface area (Å²) in [4.78, 5) is 19.1. The molecule has 10 heteroatoms. The number of fused-ring (bicyclic) bond motifs is 1. The molecule has 0 bridgehead atoms. The largest absolute Gasteiger partial charge is 0.415 e. The zero-order chi connectivity index (χ0) is 22.5. The van der Waals surface area contributed by atoms with Crippen LogP contribution in [0.4, 0.5) is 17.6 Å². The number of aromatic nitrogens is 3. The summed E-state index contributed by atoms with van der Waals surface area (Å²) >= 11 is 0. The Balaban J connectivity index is 1.44. The number of hydrogen-bond acceptors (Lipinski definition) is 5. The first-order valence-corrected chi connectivity index (χ1v) is 10.2. The number of carbonyl (C=O) groups is 1. The minimum absolute atomic E-state index is 0.113. The average molecular weight is 446 g/mol. The first-order valence-electron chi connectivity index (χ1n) is 10.2. The molecule has 3 aromatic rings. The fourth-order valence-corrected chi connectivity index (χ4v) is 4.55. The predicted octanol–water partition coefficient (Wildman–Crippen LogP) is 5.00. The van der Waals surface area contributed by atoms with Crippen LogP contribution in [0, 0.1) is 0 Å². The summed E-state index contributed by atoms with van der Waals surface area (Å²) in [5.41, 5.74) is 1.97. The summed E-state index contributed by atoms with van der Waals surface area (Å²) in [6.07, 6.45) is -1.86. The normalized spacial score (nSPS) is 22.4. The van der Waals surface area contributed by atoms with Crippen molar-refractivity contribution in [1.82, 2.24) is 20.1 Å². The molecule has 2 aromatic heterocycles. The molecule has 32 heavy (non-hydrogen) atoms. The highest BCUT2D eigenvalue weighted by molar-refractivity contribution is 5.99. The van der Waals surface area contributed by atoms with Crippen LogP contribution in [0.25, 0.3) is 11.5 Å². The Morgan fingerprint density at radius 2 is 2.00 bits per heavy atom. The number of carbonyl (C=O) groups excluding carboxylic acids is 1. The van der Waals surface area contributed by atoms with E-state index in [0.29, 0.717) is 16.8 Å². The number of rotatable bonds is 4. The third-order valence-corrected chi connectivity index (χ3v) is 6.07. The number of amides is 1. The van der Waals surface area contributed by atoms with E-state index in [1.807, 2.05) is 0 Å². The van der Waals surface area contributed by atoms with Crippen molar-refractivity contribution >= 4 is 5.91 Å². The molecule has 1 amide bonds. The summed E-state index contributed by atoms with van der Waals surface area (Å²) in [5, 5.41) is 6.93. The van der Waals surface area contributed by atoms with Crippen molar-refractivity contribution in [2.75, 3.05) is 0 Å². The maximum atomic E-state index is 14.3. The first kappa shape index (κ1) is 20.6. The van der Waals surface area contributed by atoms with Crippen LogP contribution < -0.4 is 0 Å². The van der Waals surface area contributed by atoms with Gasteiger partial charge in [-0.05, 0) is 36.2 Å². The zero-order valence-electron chi connectivity index (χ0n) is 16.7. The summed E-state index contributed by atoms with van der Waals surface area (Å²) < 4.78 is 59.0. The highest BCUT2D eigenvalue weighted by atomic mass is 19.3. The fraction of sp³-hybridized carbons (Fsp3) is 0.364. The van der Waals surface area contributed by atoms with Crippen molar-refractivity contribution in [3.05, 3.63) is 65.3 Å². The van der Waals surface area contributed by atoms with Crippen molar-refractivity contribution in [1.29, 1.82) is 0 Å². The van der Waals surface area contributed by atoms with Gasteiger partial charge in [0.2, 0.25) is 11.8 Å². The Labute approximate surface area is 180 Å². The second kappa shape index (κ2) is 7.68. The molecule has 0 N–H and O–H groups in total. The average Bonchev–Trinajstić information content (AvgIpc) is 3.39. The number of halogens is 4. The monoisotopic (exact) mass is 446 g/mol. The molecule has 2 aliphatic rings. The minimum atomic E-state index is -2.89. The lowest BCUT2D eigenvalue weighted by atomic mass is 9.79. The van der Waals surface area contributed by atoms with Crippen molar-refractivity contribution in [2.45, 2.75) is 50.1 Å². The molecule has 0 unspecified atom stereocenters. The van der Waals surface area contributed by atoms with Gasteiger partial charge in [0.05, 0.1) is 0 Å². The van der Waals surface area contributed by atoms with Crippen LogP contribution >= 0.6 is 0 Å². The molecule has 166 valence electrons. The zero-order valence-corrected chi connectivity index (χ0v) is 16.7. The van der Waals surface area contributed by atoms with E-state index < -0.39 is 30.2 Å².